The van der Waals surface area contributed by atoms with E-state index in [-0.39, 0.29) is 29.3 Å². The number of rotatable bonds is 12. The second-order valence-electron chi connectivity index (χ2n) is 6.34. The number of Topliss-reactive ketones (excluding diaryl/α,β-unsaturated/α-hetero) is 1. The number of phenolic OH excluding ortho intramolecular Hbond substituents is 2. The zero-order chi connectivity index (χ0) is 18.7. The molecule has 5 nitrogen and oxygen atoms in total. The number of benzene rings is 1. The molecule has 1 rings (SSSR count). The van der Waals surface area contributed by atoms with Crippen LogP contribution in [0.15, 0.2) is 12.1 Å². The van der Waals surface area contributed by atoms with E-state index in [4.69, 9.17) is 4.74 Å². The molecule has 0 spiro atoms. The fraction of sp³-hybridized carbons (Fsp3) is 0.600. The molecule has 5 heteroatoms. The van der Waals surface area contributed by atoms with Gasteiger partial charge in [0.15, 0.2) is 5.78 Å². The Morgan fingerprint density at radius 3 is 2.32 bits per heavy atom. The molecule has 25 heavy (non-hydrogen) atoms. The molecule has 140 valence electrons. The molecule has 0 atom stereocenters. The predicted molar refractivity (Wildman–Crippen MR) is 97.0 cm³/mol. The molecule has 0 heterocycles. The Morgan fingerprint density at radius 2 is 1.64 bits per heavy atom. The molecule has 0 aliphatic heterocycles. The van der Waals surface area contributed by atoms with E-state index in [1.165, 1.54) is 6.07 Å². The van der Waals surface area contributed by atoms with Crippen LogP contribution in [0.5, 0.6) is 11.5 Å². The Balaban J connectivity index is 2.76. The van der Waals surface area contributed by atoms with Gasteiger partial charge in [-0.05, 0) is 24.5 Å². The molecular weight excluding hydrogens is 320 g/mol. The number of ketones is 1. The van der Waals surface area contributed by atoms with Crippen LogP contribution in [0.4, 0.5) is 0 Å². The number of ether oxygens (including phenoxy) is 1. The first kappa shape index (κ1) is 21.0. The van der Waals surface area contributed by atoms with Crippen molar-refractivity contribution in [1.29, 1.82) is 0 Å². The lowest BCUT2D eigenvalue weighted by Crippen LogP contribution is -2.13. The minimum absolute atomic E-state index is 0.126. The van der Waals surface area contributed by atoms with Gasteiger partial charge in [0.05, 0.1) is 18.6 Å². The molecule has 0 saturated heterocycles. The molecule has 0 aromatic heterocycles. The average Bonchev–Trinajstić information content (AvgIpc) is 2.54. The maximum absolute atomic E-state index is 12.5. The summed E-state index contributed by atoms with van der Waals surface area (Å²) in [6.45, 7) is 4.46. The normalized spacial score (nSPS) is 10.6. The fourth-order valence-corrected chi connectivity index (χ4v) is 2.68. The first-order valence-electron chi connectivity index (χ1n) is 9.23. The van der Waals surface area contributed by atoms with Crippen LogP contribution >= 0.6 is 0 Å². The molecule has 0 aliphatic rings. The highest BCUT2D eigenvalue weighted by Crippen LogP contribution is 2.29. The maximum Gasteiger partial charge on any atom is 0.310 e. The summed E-state index contributed by atoms with van der Waals surface area (Å²) in [6, 6.07) is 2.49. The maximum atomic E-state index is 12.5. The number of esters is 1. The van der Waals surface area contributed by atoms with Crippen LogP contribution in [-0.4, -0.2) is 28.6 Å². The summed E-state index contributed by atoms with van der Waals surface area (Å²) in [5.41, 5.74) is 0.443. The van der Waals surface area contributed by atoms with Gasteiger partial charge >= 0.3 is 5.97 Å². The SMILES string of the molecule is CCCCCCCC(=O)c1c(O)cc(O)cc1CC(=O)OCCCC. The van der Waals surface area contributed by atoms with Crippen molar-refractivity contribution in [2.24, 2.45) is 0 Å². The molecule has 0 aliphatic carbocycles. The number of phenols is 2. The van der Waals surface area contributed by atoms with E-state index in [2.05, 4.69) is 6.92 Å². The van der Waals surface area contributed by atoms with Crippen molar-refractivity contribution in [2.75, 3.05) is 6.61 Å². The molecule has 2 N–H and O–H groups in total. The second kappa shape index (κ2) is 11.5. The molecule has 0 unspecified atom stereocenters. The van der Waals surface area contributed by atoms with E-state index in [0.717, 1.165) is 51.0 Å². The summed E-state index contributed by atoms with van der Waals surface area (Å²) >= 11 is 0. The largest absolute Gasteiger partial charge is 0.508 e. The van der Waals surface area contributed by atoms with Crippen LogP contribution in [0, 0.1) is 0 Å². The quantitative estimate of drug-likeness (QED) is 0.329. The highest BCUT2D eigenvalue weighted by molar-refractivity contribution is 6.01. The van der Waals surface area contributed by atoms with Gasteiger partial charge in [0.25, 0.3) is 0 Å². The van der Waals surface area contributed by atoms with Crippen molar-refractivity contribution in [3.63, 3.8) is 0 Å². The molecule has 1 aromatic rings. The Morgan fingerprint density at radius 1 is 0.960 bits per heavy atom. The summed E-state index contributed by atoms with van der Waals surface area (Å²) in [7, 11) is 0. The van der Waals surface area contributed by atoms with E-state index >= 15 is 0 Å². The van der Waals surface area contributed by atoms with Crippen LogP contribution < -0.4 is 0 Å². The van der Waals surface area contributed by atoms with Crippen LogP contribution in [0.1, 0.15) is 81.1 Å². The lowest BCUT2D eigenvalue weighted by atomic mass is 9.96. The first-order chi connectivity index (χ1) is 12.0. The van der Waals surface area contributed by atoms with Gasteiger partial charge in [0.2, 0.25) is 0 Å². The summed E-state index contributed by atoms with van der Waals surface area (Å²) < 4.78 is 5.11. The smallest absolute Gasteiger partial charge is 0.310 e. The van der Waals surface area contributed by atoms with Gasteiger partial charge in [-0.3, -0.25) is 9.59 Å². The third kappa shape index (κ3) is 7.59. The highest BCUT2D eigenvalue weighted by Gasteiger charge is 2.20. The summed E-state index contributed by atoms with van der Waals surface area (Å²) in [6.07, 6.45) is 6.96. The van der Waals surface area contributed by atoms with Gasteiger partial charge in [-0.15, -0.1) is 0 Å². The lowest BCUT2D eigenvalue weighted by molar-refractivity contribution is -0.142. The van der Waals surface area contributed by atoms with Gasteiger partial charge in [-0.1, -0.05) is 46.0 Å². The van der Waals surface area contributed by atoms with Crippen LogP contribution in [-0.2, 0) is 16.0 Å². The highest BCUT2D eigenvalue weighted by atomic mass is 16.5. The minimum Gasteiger partial charge on any atom is -0.508 e. The Hall–Kier alpha value is -2.04. The molecule has 0 bridgehead atoms. The number of aromatic hydroxyl groups is 2. The average molecular weight is 350 g/mol. The third-order valence-electron chi connectivity index (χ3n) is 4.07. The van der Waals surface area contributed by atoms with E-state index in [1.54, 1.807) is 0 Å². The van der Waals surface area contributed by atoms with Crippen LogP contribution in [0.2, 0.25) is 0 Å². The Kier molecular flexibility index (Phi) is 9.66. The van der Waals surface area contributed by atoms with E-state index in [1.807, 2.05) is 6.92 Å². The Labute approximate surface area is 150 Å². The fourth-order valence-electron chi connectivity index (χ4n) is 2.68. The van der Waals surface area contributed by atoms with Gasteiger partial charge in [-0.25, -0.2) is 0 Å². The summed E-state index contributed by atoms with van der Waals surface area (Å²) in [5.74, 6) is -1.12. The van der Waals surface area contributed by atoms with Gasteiger partial charge < -0.3 is 14.9 Å². The first-order valence-corrected chi connectivity index (χ1v) is 9.23. The molecule has 0 amide bonds. The van der Waals surface area contributed by atoms with Crippen LogP contribution in [0.25, 0.3) is 0 Å². The minimum atomic E-state index is -0.463. The van der Waals surface area contributed by atoms with Crippen molar-refractivity contribution < 1.29 is 24.5 Å². The number of carbonyl (C=O) groups excluding carboxylic acids is 2. The van der Waals surface area contributed by atoms with E-state index in [9.17, 15) is 19.8 Å². The molecule has 0 radical (unpaired) electrons. The standard InChI is InChI=1S/C20H30O5/c1-3-5-7-8-9-10-17(22)20-15(12-16(21)14-18(20)23)13-19(24)25-11-6-4-2/h12,14,21,23H,3-11,13H2,1-2H3. The van der Waals surface area contributed by atoms with Crippen molar-refractivity contribution in [3.05, 3.63) is 23.3 Å². The summed E-state index contributed by atoms with van der Waals surface area (Å²) in [5, 5.41) is 19.8. The van der Waals surface area contributed by atoms with Gasteiger partial charge in [-0.2, -0.15) is 0 Å². The van der Waals surface area contributed by atoms with Crippen molar-refractivity contribution in [2.45, 2.75) is 71.6 Å². The predicted octanol–water partition coefficient (Wildman–Crippen LogP) is 4.53. The Bertz CT molecular complexity index is 565. The number of unbranched alkanes of at least 4 members (excludes halogenated alkanes) is 5. The van der Waals surface area contributed by atoms with Crippen molar-refractivity contribution in [3.8, 4) is 11.5 Å². The lowest BCUT2D eigenvalue weighted by Gasteiger charge is -2.12. The van der Waals surface area contributed by atoms with Crippen molar-refractivity contribution in [1.82, 2.24) is 0 Å². The molecule has 0 saturated carbocycles. The number of hydrogen-bond donors (Lipinski definition) is 2. The number of hydrogen-bond acceptors (Lipinski definition) is 5. The molecule has 1 aromatic carbocycles. The van der Waals surface area contributed by atoms with Crippen LogP contribution in [0.3, 0.4) is 0 Å². The van der Waals surface area contributed by atoms with E-state index in [0.29, 0.717) is 18.6 Å². The molecular formula is C20H30O5. The third-order valence-corrected chi connectivity index (χ3v) is 4.07. The van der Waals surface area contributed by atoms with E-state index < -0.39 is 5.97 Å². The number of carbonyl (C=O) groups is 2. The zero-order valence-corrected chi connectivity index (χ0v) is 15.3. The molecule has 0 fully saturated rings. The summed E-state index contributed by atoms with van der Waals surface area (Å²) in [4.78, 5) is 24.4. The monoisotopic (exact) mass is 350 g/mol. The van der Waals surface area contributed by atoms with Crippen molar-refractivity contribution >= 4 is 11.8 Å². The second-order valence-corrected chi connectivity index (χ2v) is 6.34. The zero-order valence-electron chi connectivity index (χ0n) is 15.3. The van der Waals surface area contributed by atoms with Gasteiger partial charge in [0, 0.05) is 12.5 Å². The topological polar surface area (TPSA) is 83.8 Å². The van der Waals surface area contributed by atoms with Gasteiger partial charge in [0.1, 0.15) is 11.5 Å².